The second-order valence-corrected chi connectivity index (χ2v) is 5.78. The van der Waals surface area contributed by atoms with Crippen molar-refractivity contribution in [3.8, 4) is 0 Å². The van der Waals surface area contributed by atoms with Crippen LogP contribution in [0.4, 0.5) is 5.69 Å². The lowest BCUT2D eigenvalue weighted by Crippen LogP contribution is -2.27. The van der Waals surface area contributed by atoms with Gasteiger partial charge in [-0.15, -0.1) is 0 Å². The Hall–Kier alpha value is -1.18. The van der Waals surface area contributed by atoms with Crippen LogP contribution in [0.2, 0.25) is 5.02 Å². The van der Waals surface area contributed by atoms with Crippen LogP contribution in [0.25, 0.3) is 0 Å². The molecule has 1 rings (SSSR count). The highest BCUT2D eigenvalue weighted by atomic mass is 79.9. The average molecular weight is 366 g/mol. The fraction of sp³-hybridized carbons (Fsp3) is 0.417. The predicted molar refractivity (Wildman–Crippen MR) is 79.6 cm³/mol. The molecule has 0 aliphatic rings. The van der Waals surface area contributed by atoms with Gasteiger partial charge in [-0.05, 0) is 12.5 Å². The molecule has 8 heteroatoms. The van der Waals surface area contributed by atoms with Gasteiger partial charge in [-0.2, -0.15) is 0 Å². The largest absolute Gasteiger partial charge is 0.384 e. The zero-order chi connectivity index (χ0) is 15.1. The standard InChI is InChI=1S/C12H14BrClN2O4/c1-20-7-9(13)2-3-15-12(17)8-4-10(14)6-11(5-8)16(18)19/h4-6,9H,2-3,7H2,1H3,(H,15,17). The highest BCUT2D eigenvalue weighted by Gasteiger charge is 2.14. The van der Waals surface area contributed by atoms with Gasteiger partial charge in [0.2, 0.25) is 0 Å². The quantitative estimate of drug-likeness (QED) is 0.457. The normalized spacial score (nSPS) is 11.9. The van der Waals surface area contributed by atoms with Gasteiger partial charge in [0, 0.05) is 41.2 Å². The molecule has 6 nitrogen and oxygen atoms in total. The van der Waals surface area contributed by atoms with Crippen LogP contribution in [0, 0.1) is 10.1 Å². The van der Waals surface area contributed by atoms with Crippen LogP contribution in [0.3, 0.4) is 0 Å². The molecule has 1 atom stereocenters. The van der Waals surface area contributed by atoms with Gasteiger partial charge in [0.05, 0.1) is 11.5 Å². The molecule has 0 fully saturated rings. The molecule has 0 radical (unpaired) electrons. The molecule has 0 saturated carbocycles. The Bertz CT molecular complexity index is 498. The van der Waals surface area contributed by atoms with E-state index in [4.69, 9.17) is 16.3 Å². The molecule has 1 aromatic rings. The third-order valence-corrected chi connectivity index (χ3v) is 3.39. The summed E-state index contributed by atoms with van der Waals surface area (Å²) in [5, 5.41) is 13.5. The summed E-state index contributed by atoms with van der Waals surface area (Å²) >= 11 is 9.16. The van der Waals surface area contributed by atoms with Gasteiger partial charge >= 0.3 is 0 Å². The summed E-state index contributed by atoms with van der Waals surface area (Å²) in [7, 11) is 1.60. The van der Waals surface area contributed by atoms with Gasteiger partial charge in [-0.3, -0.25) is 14.9 Å². The lowest BCUT2D eigenvalue weighted by molar-refractivity contribution is -0.384. The molecular formula is C12H14BrClN2O4. The molecular weight excluding hydrogens is 351 g/mol. The molecule has 0 spiro atoms. The van der Waals surface area contributed by atoms with Crippen molar-refractivity contribution in [3.63, 3.8) is 0 Å². The van der Waals surface area contributed by atoms with E-state index in [-0.39, 0.29) is 21.1 Å². The minimum atomic E-state index is -0.588. The lowest BCUT2D eigenvalue weighted by atomic mass is 10.2. The Balaban J connectivity index is 2.61. The maximum Gasteiger partial charge on any atom is 0.271 e. The van der Waals surface area contributed by atoms with E-state index in [2.05, 4.69) is 21.2 Å². The molecule has 1 unspecified atom stereocenters. The number of alkyl halides is 1. The molecule has 0 aromatic heterocycles. The third kappa shape index (κ3) is 5.44. The molecule has 1 N–H and O–H groups in total. The summed E-state index contributed by atoms with van der Waals surface area (Å²) in [6.45, 7) is 0.969. The van der Waals surface area contributed by atoms with E-state index in [0.29, 0.717) is 19.6 Å². The first-order valence-corrected chi connectivity index (χ1v) is 7.09. The fourth-order valence-electron chi connectivity index (χ4n) is 1.52. The monoisotopic (exact) mass is 364 g/mol. The number of hydrogen-bond donors (Lipinski definition) is 1. The molecule has 0 saturated heterocycles. The first-order valence-electron chi connectivity index (χ1n) is 5.80. The van der Waals surface area contributed by atoms with Crippen molar-refractivity contribution in [2.24, 2.45) is 0 Å². The van der Waals surface area contributed by atoms with Crippen LogP contribution in [0.15, 0.2) is 18.2 Å². The summed E-state index contributed by atoms with van der Waals surface area (Å²) in [5.74, 6) is -0.396. The molecule has 110 valence electrons. The Morgan fingerprint density at radius 3 is 2.85 bits per heavy atom. The van der Waals surface area contributed by atoms with E-state index >= 15 is 0 Å². The number of carbonyl (C=O) groups excluding carboxylic acids is 1. The lowest BCUT2D eigenvalue weighted by Gasteiger charge is -2.09. The smallest absolute Gasteiger partial charge is 0.271 e. The van der Waals surface area contributed by atoms with Crippen LogP contribution in [-0.4, -0.2) is 35.9 Å². The number of amides is 1. The average Bonchev–Trinajstić information content (AvgIpc) is 2.38. The second kappa shape index (κ2) is 8.18. The van der Waals surface area contributed by atoms with Crippen LogP contribution in [0.5, 0.6) is 0 Å². The van der Waals surface area contributed by atoms with E-state index in [1.54, 1.807) is 7.11 Å². The topological polar surface area (TPSA) is 81.5 Å². The third-order valence-electron chi connectivity index (χ3n) is 2.45. The number of nitro groups is 1. The first-order chi connectivity index (χ1) is 9.43. The Morgan fingerprint density at radius 1 is 1.55 bits per heavy atom. The summed E-state index contributed by atoms with van der Waals surface area (Å²) in [4.78, 5) is 22.1. The van der Waals surface area contributed by atoms with Crippen molar-refractivity contribution in [2.75, 3.05) is 20.3 Å². The van der Waals surface area contributed by atoms with E-state index in [1.165, 1.54) is 18.2 Å². The van der Waals surface area contributed by atoms with Crippen molar-refractivity contribution >= 4 is 39.1 Å². The van der Waals surface area contributed by atoms with E-state index in [9.17, 15) is 14.9 Å². The highest BCUT2D eigenvalue weighted by molar-refractivity contribution is 9.09. The van der Waals surface area contributed by atoms with Crippen LogP contribution < -0.4 is 5.32 Å². The van der Waals surface area contributed by atoms with E-state index < -0.39 is 10.8 Å². The zero-order valence-corrected chi connectivity index (χ0v) is 13.1. The van der Waals surface area contributed by atoms with Crippen molar-refractivity contribution in [1.29, 1.82) is 0 Å². The molecule has 1 amide bonds. The summed E-state index contributed by atoms with van der Waals surface area (Å²) in [6, 6.07) is 3.79. The van der Waals surface area contributed by atoms with Gasteiger partial charge < -0.3 is 10.1 Å². The number of nitrogens with one attached hydrogen (secondary N) is 1. The van der Waals surface area contributed by atoms with Crippen LogP contribution in [-0.2, 0) is 4.74 Å². The molecule has 0 aliphatic heterocycles. The summed E-state index contributed by atoms with van der Waals surface area (Å²) < 4.78 is 4.95. The number of nitro benzene ring substituents is 1. The first kappa shape index (κ1) is 16.9. The van der Waals surface area contributed by atoms with Crippen LogP contribution in [0.1, 0.15) is 16.8 Å². The molecule has 0 aliphatic carbocycles. The number of nitrogens with zero attached hydrogens (tertiary/aromatic N) is 1. The number of benzene rings is 1. The number of non-ortho nitro benzene ring substituents is 1. The Kier molecular flexibility index (Phi) is 6.90. The van der Waals surface area contributed by atoms with Gasteiger partial charge in [0.25, 0.3) is 11.6 Å². The van der Waals surface area contributed by atoms with Gasteiger partial charge in [-0.25, -0.2) is 0 Å². The predicted octanol–water partition coefficient (Wildman–Crippen LogP) is 2.78. The molecule has 0 heterocycles. The van der Waals surface area contributed by atoms with E-state index in [1.807, 2.05) is 0 Å². The van der Waals surface area contributed by atoms with Crippen molar-refractivity contribution < 1.29 is 14.5 Å². The number of ether oxygens (including phenoxy) is 1. The Labute approximate surface area is 129 Å². The minimum absolute atomic E-state index is 0.140. The zero-order valence-electron chi connectivity index (χ0n) is 10.8. The van der Waals surface area contributed by atoms with Crippen molar-refractivity contribution in [3.05, 3.63) is 38.9 Å². The minimum Gasteiger partial charge on any atom is -0.384 e. The maximum atomic E-state index is 11.9. The molecule has 20 heavy (non-hydrogen) atoms. The van der Waals surface area contributed by atoms with Gasteiger partial charge in [-0.1, -0.05) is 27.5 Å². The number of hydrogen-bond acceptors (Lipinski definition) is 4. The molecule has 1 aromatic carbocycles. The molecule has 0 bridgehead atoms. The van der Waals surface area contributed by atoms with Crippen LogP contribution >= 0.6 is 27.5 Å². The van der Waals surface area contributed by atoms with Crippen molar-refractivity contribution in [1.82, 2.24) is 5.32 Å². The Morgan fingerprint density at radius 2 is 2.25 bits per heavy atom. The summed E-state index contributed by atoms with van der Waals surface area (Å²) in [6.07, 6.45) is 0.683. The number of carbonyl (C=O) groups is 1. The highest BCUT2D eigenvalue weighted by Crippen LogP contribution is 2.20. The van der Waals surface area contributed by atoms with Gasteiger partial charge in [0.1, 0.15) is 0 Å². The summed E-state index contributed by atoms with van der Waals surface area (Å²) in [5.41, 5.74) is -0.0394. The number of halogens is 2. The number of rotatable bonds is 7. The fourth-order valence-corrected chi connectivity index (χ4v) is 2.24. The van der Waals surface area contributed by atoms with E-state index in [0.717, 1.165) is 0 Å². The van der Waals surface area contributed by atoms with Gasteiger partial charge in [0.15, 0.2) is 0 Å². The number of methoxy groups -OCH3 is 1. The SMILES string of the molecule is COCC(Br)CCNC(=O)c1cc(Cl)cc([N+](=O)[O-])c1. The maximum absolute atomic E-state index is 11.9. The van der Waals surface area contributed by atoms with Crippen molar-refractivity contribution in [2.45, 2.75) is 11.2 Å². The second-order valence-electron chi connectivity index (χ2n) is 4.05.